The van der Waals surface area contributed by atoms with Crippen LogP contribution in [-0.4, -0.2) is 95.0 Å². The van der Waals surface area contributed by atoms with Gasteiger partial charge in [-0.2, -0.15) is 0 Å². The Morgan fingerprint density at radius 1 is 0.962 bits per heavy atom. The quantitative estimate of drug-likeness (QED) is 0.794. The van der Waals surface area contributed by atoms with Crippen molar-refractivity contribution in [3.63, 3.8) is 0 Å². The number of nitrogens with zero attached hydrogens (tertiary/aromatic N) is 6. The van der Waals surface area contributed by atoms with Gasteiger partial charge in [-0.3, -0.25) is 9.80 Å². The van der Waals surface area contributed by atoms with Crippen LogP contribution in [0.4, 0.5) is 0 Å². The first-order valence-corrected chi connectivity index (χ1v) is 10.3. The van der Waals surface area contributed by atoms with Crippen molar-refractivity contribution in [2.24, 2.45) is 7.05 Å². The highest BCUT2D eigenvalue weighted by Crippen LogP contribution is 2.29. The van der Waals surface area contributed by atoms with E-state index in [4.69, 9.17) is 4.74 Å². The first-order chi connectivity index (χ1) is 12.7. The monoisotopic (exact) mass is 362 g/mol. The minimum atomic E-state index is 0.527. The number of morpholine rings is 1. The summed E-state index contributed by atoms with van der Waals surface area (Å²) >= 11 is 0. The summed E-state index contributed by atoms with van der Waals surface area (Å²) in [6, 6.07) is 0.759. The molecular weight excluding hydrogens is 328 g/mol. The van der Waals surface area contributed by atoms with Gasteiger partial charge in [0.1, 0.15) is 11.6 Å². The third-order valence-electron chi connectivity index (χ3n) is 6.49. The minimum absolute atomic E-state index is 0.527. The van der Waals surface area contributed by atoms with E-state index in [0.29, 0.717) is 5.92 Å². The molecule has 0 saturated carbocycles. The van der Waals surface area contributed by atoms with Gasteiger partial charge in [-0.1, -0.05) is 0 Å². The molecule has 1 atom stereocenters. The topological polar surface area (TPSA) is 49.7 Å². The number of hydrogen-bond donors (Lipinski definition) is 0. The third-order valence-corrected chi connectivity index (χ3v) is 6.49. The van der Waals surface area contributed by atoms with Crippen molar-refractivity contribution in [2.45, 2.75) is 44.2 Å². The van der Waals surface area contributed by atoms with Crippen LogP contribution in [0.25, 0.3) is 0 Å². The maximum atomic E-state index is 5.45. The molecule has 0 aliphatic carbocycles. The number of piperidine rings is 2. The van der Waals surface area contributed by atoms with Crippen LogP contribution >= 0.6 is 0 Å². The van der Waals surface area contributed by atoms with Crippen molar-refractivity contribution in [1.29, 1.82) is 0 Å². The van der Waals surface area contributed by atoms with Gasteiger partial charge in [0, 0.05) is 38.6 Å². The Labute approximate surface area is 157 Å². The lowest BCUT2D eigenvalue weighted by atomic mass is 9.93. The zero-order chi connectivity index (χ0) is 17.9. The average molecular weight is 363 g/mol. The second-order valence-electron chi connectivity index (χ2n) is 8.29. The van der Waals surface area contributed by atoms with Gasteiger partial charge in [0.25, 0.3) is 0 Å². The molecule has 3 saturated heterocycles. The summed E-state index contributed by atoms with van der Waals surface area (Å²) in [6.45, 7) is 9.42. The molecule has 4 rings (SSSR count). The van der Waals surface area contributed by atoms with Crippen LogP contribution in [-0.2, 0) is 18.3 Å². The number of hydrogen-bond acceptors (Lipinski definition) is 6. The fourth-order valence-corrected chi connectivity index (χ4v) is 4.74. The lowest BCUT2D eigenvalue weighted by molar-refractivity contribution is 0.0326. The molecule has 0 N–H and O–H groups in total. The molecule has 0 bridgehead atoms. The summed E-state index contributed by atoms with van der Waals surface area (Å²) in [6.07, 6.45) is 5.14. The van der Waals surface area contributed by atoms with Gasteiger partial charge in [-0.25, -0.2) is 0 Å². The standard InChI is InChI=1S/C19H34N6O/c1-22-8-5-17(6-9-22)25-7-3-4-16(14-25)19-21-20-18(23(19)2)15-24-10-12-26-13-11-24/h16-17H,3-15H2,1-2H3. The van der Waals surface area contributed by atoms with Crippen LogP contribution < -0.4 is 0 Å². The van der Waals surface area contributed by atoms with Gasteiger partial charge < -0.3 is 14.2 Å². The van der Waals surface area contributed by atoms with E-state index in [2.05, 4.69) is 43.6 Å². The van der Waals surface area contributed by atoms with Crippen LogP contribution in [0, 0.1) is 0 Å². The van der Waals surface area contributed by atoms with E-state index in [1.54, 1.807) is 0 Å². The largest absolute Gasteiger partial charge is 0.379 e. The van der Waals surface area contributed by atoms with Crippen molar-refractivity contribution in [3.8, 4) is 0 Å². The number of likely N-dealkylation sites (tertiary alicyclic amines) is 2. The van der Waals surface area contributed by atoms with Gasteiger partial charge in [-0.15, -0.1) is 10.2 Å². The highest BCUT2D eigenvalue weighted by Gasteiger charge is 2.31. The molecule has 0 amide bonds. The number of aromatic nitrogens is 3. The lowest BCUT2D eigenvalue weighted by Gasteiger charge is -2.41. The van der Waals surface area contributed by atoms with Crippen LogP contribution in [0.1, 0.15) is 43.3 Å². The van der Waals surface area contributed by atoms with Crippen molar-refractivity contribution in [1.82, 2.24) is 29.5 Å². The predicted octanol–water partition coefficient (Wildman–Crippen LogP) is 0.921. The molecule has 3 aliphatic rings. The maximum Gasteiger partial charge on any atom is 0.146 e. The SMILES string of the molecule is CN1CCC(N2CCCC(c3nnc(CN4CCOCC4)n3C)C2)CC1. The van der Waals surface area contributed by atoms with Crippen molar-refractivity contribution >= 4 is 0 Å². The lowest BCUT2D eigenvalue weighted by Crippen LogP contribution is -2.47. The number of rotatable bonds is 4. The van der Waals surface area contributed by atoms with Gasteiger partial charge in [-0.05, 0) is 52.4 Å². The highest BCUT2D eigenvalue weighted by atomic mass is 16.5. The van der Waals surface area contributed by atoms with Crippen LogP contribution in [0.2, 0.25) is 0 Å². The third kappa shape index (κ3) is 4.11. The molecule has 1 aromatic rings. The summed E-state index contributed by atoms with van der Waals surface area (Å²) < 4.78 is 7.71. The van der Waals surface area contributed by atoms with Gasteiger partial charge in [0.15, 0.2) is 0 Å². The zero-order valence-corrected chi connectivity index (χ0v) is 16.4. The summed E-state index contributed by atoms with van der Waals surface area (Å²) in [5.74, 6) is 2.81. The fraction of sp³-hybridized carbons (Fsp3) is 0.895. The van der Waals surface area contributed by atoms with E-state index < -0.39 is 0 Å². The summed E-state index contributed by atoms with van der Waals surface area (Å²) in [5, 5.41) is 9.15. The molecule has 1 aromatic heterocycles. The van der Waals surface area contributed by atoms with Crippen LogP contribution in [0.5, 0.6) is 0 Å². The Bertz CT molecular complexity index is 577. The maximum absolute atomic E-state index is 5.45. The van der Waals surface area contributed by atoms with Crippen molar-refractivity contribution in [2.75, 3.05) is 59.5 Å². The molecule has 0 radical (unpaired) electrons. The van der Waals surface area contributed by atoms with Crippen LogP contribution in [0.15, 0.2) is 0 Å². The van der Waals surface area contributed by atoms with Crippen molar-refractivity contribution < 1.29 is 4.74 Å². The molecular formula is C19H34N6O. The predicted molar refractivity (Wildman–Crippen MR) is 101 cm³/mol. The smallest absolute Gasteiger partial charge is 0.146 e. The molecule has 26 heavy (non-hydrogen) atoms. The molecule has 4 heterocycles. The normalized spacial score (nSPS) is 27.8. The first kappa shape index (κ1) is 18.3. The van der Waals surface area contributed by atoms with E-state index >= 15 is 0 Å². The Kier molecular flexibility index (Phi) is 5.88. The average Bonchev–Trinajstić information content (AvgIpc) is 3.04. The molecule has 0 aromatic carbocycles. The number of ether oxygens (including phenoxy) is 1. The zero-order valence-electron chi connectivity index (χ0n) is 16.4. The molecule has 3 fully saturated rings. The fourth-order valence-electron chi connectivity index (χ4n) is 4.74. The molecule has 7 heteroatoms. The first-order valence-electron chi connectivity index (χ1n) is 10.3. The minimum Gasteiger partial charge on any atom is -0.379 e. The molecule has 146 valence electrons. The van der Waals surface area contributed by atoms with E-state index in [9.17, 15) is 0 Å². The molecule has 0 spiro atoms. The molecule has 3 aliphatic heterocycles. The van der Waals surface area contributed by atoms with E-state index in [1.165, 1.54) is 51.1 Å². The van der Waals surface area contributed by atoms with Gasteiger partial charge in [0.2, 0.25) is 0 Å². The summed E-state index contributed by atoms with van der Waals surface area (Å²) in [7, 11) is 4.39. The highest BCUT2D eigenvalue weighted by molar-refractivity contribution is 5.04. The van der Waals surface area contributed by atoms with E-state index in [-0.39, 0.29) is 0 Å². The van der Waals surface area contributed by atoms with E-state index in [0.717, 1.165) is 51.3 Å². The van der Waals surface area contributed by atoms with Gasteiger partial charge >= 0.3 is 0 Å². The van der Waals surface area contributed by atoms with Crippen LogP contribution in [0.3, 0.4) is 0 Å². The Balaban J connectivity index is 1.39. The Hall–Kier alpha value is -1.02. The molecule has 1 unspecified atom stereocenters. The second kappa shape index (κ2) is 8.33. The Morgan fingerprint density at radius 3 is 2.50 bits per heavy atom. The van der Waals surface area contributed by atoms with Gasteiger partial charge in [0.05, 0.1) is 19.8 Å². The molecule has 7 nitrogen and oxygen atoms in total. The van der Waals surface area contributed by atoms with Crippen molar-refractivity contribution in [3.05, 3.63) is 11.6 Å². The van der Waals surface area contributed by atoms with E-state index in [1.807, 2.05) is 0 Å². The second-order valence-corrected chi connectivity index (χ2v) is 8.29. The summed E-state index contributed by atoms with van der Waals surface area (Å²) in [4.78, 5) is 7.61. The summed E-state index contributed by atoms with van der Waals surface area (Å²) in [5.41, 5.74) is 0. The Morgan fingerprint density at radius 2 is 1.73 bits per heavy atom.